The van der Waals surface area contributed by atoms with Gasteiger partial charge in [-0.05, 0) is 67.6 Å². The minimum absolute atomic E-state index is 0.338. The zero-order valence-corrected chi connectivity index (χ0v) is 18.9. The third-order valence-corrected chi connectivity index (χ3v) is 5.01. The van der Waals surface area contributed by atoms with Crippen molar-refractivity contribution in [3.8, 4) is 17.4 Å². The van der Waals surface area contributed by atoms with Gasteiger partial charge in [-0.3, -0.25) is 4.79 Å². The first-order chi connectivity index (χ1) is 15.4. The van der Waals surface area contributed by atoms with Crippen LogP contribution in [0.2, 0.25) is 15.1 Å². The van der Waals surface area contributed by atoms with E-state index < -0.39 is 6.10 Å². The van der Waals surface area contributed by atoms with Crippen molar-refractivity contribution in [1.82, 2.24) is 9.97 Å². The molecule has 1 unspecified atom stereocenters. The van der Waals surface area contributed by atoms with Crippen LogP contribution in [0.25, 0.3) is 11.0 Å². The summed E-state index contributed by atoms with van der Waals surface area (Å²) in [5, 5.41) is 4.17. The van der Waals surface area contributed by atoms with Gasteiger partial charge in [-0.1, -0.05) is 34.8 Å². The van der Waals surface area contributed by atoms with Crippen LogP contribution in [0.5, 0.6) is 17.4 Å². The molecule has 1 atom stereocenters. The van der Waals surface area contributed by atoms with Crippen LogP contribution in [0.15, 0.2) is 66.9 Å². The molecule has 0 saturated carbocycles. The van der Waals surface area contributed by atoms with E-state index in [0.717, 1.165) is 0 Å². The number of hydrogen-bond donors (Lipinski definition) is 1. The molecular weight excluding hydrogens is 473 g/mol. The van der Waals surface area contributed by atoms with Crippen molar-refractivity contribution in [2.75, 3.05) is 5.32 Å². The number of benzene rings is 3. The fourth-order valence-corrected chi connectivity index (χ4v) is 3.54. The Hall–Kier alpha value is -3.06. The molecule has 32 heavy (non-hydrogen) atoms. The molecule has 0 radical (unpaired) electrons. The highest BCUT2D eigenvalue weighted by molar-refractivity contribution is 6.35. The number of halogens is 3. The first-order valence-corrected chi connectivity index (χ1v) is 10.6. The van der Waals surface area contributed by atoms with E-state index in [9.17, 15) is 4.79 Å². The van der Waals surface area contributed by atoms with E-state index in [-0.39, 0.29) is 5.91 Å². The van der Waals surface area contributed by atoms with E-state index in [1.54, 1.807) is 67.6 Å². The molecule has 0 aliphatic heterocycles. The lowest BCUT2D eigenvalue weighted by Gasteiger charge is -2.15. The van der Waals surface area contributed by atoms with E-state index in [4.69, 9.17) is 44.3 Å². The molecule has 162 valence electrons. The Morgan fingerprint density at radius 1 is 0.875 bits per heavy atom. The molecule has 1 N–H and O–H groups in total. The highest BCUT2D eigenvalue weighted by Crippen LogP contribution is 2.26. The fourth-order valence-electron chi connectivity index (χ4n) is 2.85. The number of rotatable bonds is 6. The summed E-state index contributed by atoms with van der Waals surface area (Å²) >= 11 is 17.9. The number of amides is 1. The molecule has 0 fully saturated rings. The lowest BCUT2D eigenvalue weighted by Crippen LogP contribution is -2.30. The normalized spacial score (nSPS) is 11.8. The second-order valence-corrected chi connectivity index (χ2v) is 8.13. The Balaban J connectivity index is 1.37. The van der Waals surface area contributed by atoms with Crippen LogP contribution in [-0.2, 0) is 4.79 Å². The number of carbonyl (C=O) groups excluding carboxylic acids is 1. The average Bonchev–Trinajstić information content (AvgIpc) is 2.74. The molecule has 1 amide bonds. The van der Waals surface area contributed by atoms with Crippen LogP contribution in [0.3, 0.4) is 0 Å². The van der Waals surface area contributed by atoms with Gasteiger partial charge >= 0.3 is 0 Å². The van der Waals surface area contributed by atoms with E-state index in [2.05, 4.69) is 15.3 Å². The second kappa shape index (κ2) is 9.61. The van der Waals surface area contributed by atoms with E-state index in [1.807, 2.05) is 0 Å². The van der Waals surface area contributed by atoms with Crippen molar-refractivity contribution < 1.29 is 14.3 Å². The zero-order chi connectivity index (χ0) is 22.7. The van der Waals surface area contributed by atoms with Gasteiger partial charge in [-0.15, -0.1) is 0 Å². The molecule has 0 spiro atoms. The summed E-state index contributed by atoms with van der Waals surface area (Å²) in [5.74, 6) is 1.06. The molecule has 0 saturated heterocycles. The van der Waals surface area contributed by atoms with Gasteiger partial charge in [0.15, 0.2) is 6.10 Å². The molecule has 0 aliphatic carbocycles. The first-order valence-electron chi connectivity index (χ1n) is 9.49. The smallest absolute Gasteiger partial charge is 0.265 e. The van der Waals surface area contributed by atoms with Crippen molar-refractivity contribution in [2.24, 2.45) is 0 Å². The van der Waals surface area contributed by atoms with Crippen LogP contribution < -0.4 is 14.8 Å². The summed E-state index contributed by atoms with van der Waals surface area (Å²) < 4.78 is 11.5. The van der Waals surface area contributed by atoms with Crippen LogP contribution in [0, 0.1) is 0 Å². The predicted octanol–water partition coefficient (Wildman–Crippen LogP) is 6.79. The molecule has 9 heteroatoms. The quantitative estimate of drug-likeness (QED) is 0.323. The van der Waals surface area contributed by atoms with Gasteiger partial charge < -0.3 is 14.8 Å². The molecule has 4 rings (SSSR count). The van der Waals surface area contributed by atoms with Gasteiger partial charge in [0.25, 0.3) is 5.91 Å². The molecule has 6 nitrogen and oxygen atoms in total. The average molecular weight is 489 g/mol. The number of nitrogens with one attached hydrogen (secondary N) is 1. The maximum absolute atomic E-state index is 12.4. The largest absolute Gasteiger partial charge is 0.481 e. The van der Waals surface area contributed by atoms with Crippen LogP contribution in [0.4, 0.5) is 5.69 Å². The molecule has 1 aromatic heterocycles. The summed E-state index contributed by atoms with van der Waals surface area (Å²) in [4.78, 5) is 21.1. The van der Waals surface area contributed by atoms with Crippen molar-refractivity contribution >= 4 is 57.4 Å². The second-order valence-electron chi connectivity index (χ2n) is 6.82. The Kier molecular flexibility index (Phi) is 6.65. The van der Waals surface area contributed by atoms with E-state index in [1.165, 1.54) is 6.20 Å². The maximum Gasteiger partial charge on any atom is 0.265 e. The van der Waals surface area contributed by atoms with Gasteiger partial charge in [-0.25, -0.2) is 9.97 Å². The number of carbonyl (C=O) groups is 1. The van der Waals surface area contributed by atoms with Gasteiger partial charge in [-0.2, -0.15) is 0 Å². The van der Waals surface area contributed by atoms with Crippen molar-refractivity contribution in [2.45, 2.75) is 13.0 Å². The SMILES string of the molecule is CC(Oc1ccc(Oc2cnc3cc(Cl)ccc3n2)cc1)C(=O)Nc1cc(Cl)cc(Cl)c1. The highest BCUT2D eigenvalue weighted by atomic mass is 35.5. The standard InChI is InChI=1S/C23H16Cl3N3O3/c1-13(23(30)28-17-9-15(25)8-16(26)10-17)31-18-3-5-19(6-4-18)32-22-12-27-21-11-14(24)2-7-20(21)29-22/h2-13H,1H3,(H,28,30). The maximum atomic E-state index is 12.4. The minimum Gasteiger partial charge on any atom is -0.481 e. The summed E-state index contributed by atoms with van der Waals surface area (Å²) in [7, 11) is 0. The fraction of sp³-hybridized carbons (Fsp3) is 0.0870. The number of anilines is 1. The Morgan fingerprint density at radius 3 is 2.28 bits per heavy atom. The summed E-state index contributed by atoms with van der Waals surface area (Å²) in [5.41, 5.74) is 1.85. The molecule has 1 heterocycles. The van der Waals surface area contributed by atoms with Gasteiger partial charge in [0, 0.05) is 20.8 Å². The molecular formula is C23H16Cl3N3O3. The topological polar surface area (TPSA) is 73.3 Å². The van der Waals surface area contributed by atoms with Crippen molar-refractivity contribution in [3.63, 3.8) is 0 Å². The third-order valence-electron chi connectivity index (χ3n) is 4.34. The Morgan fingerprint density at radius 2 is 1.56 bits per heavy atom. The lowest BCUT2D eigenvalue weighted by atomic mass is 10.3. The lowest BCUT2D eigenvalue weighted by molar-refractivity contribution is -0.122. The van der Waals surface area contributed by atoms with Crippen LogP contribution in [-0.4, -0.2) is 22.0 Å². The number of ether oxygens (including phenoxy) is 2. The number of hydrogen-bond acceptors (Lipinski definition) is 5. The van der Waals surface area contributed by atoms with Crippen molar-refractivity contribution in [3.05, 3.63) is 81.9 Å². The van der Waals surface area contributed by atoms with Crippen molar-refractivity contribution in [1.29, 1.82) is 0 Å². The van der Waals surface area contributed by atoms with Crippen LogP contribution >= 0.6 is 34.8 Å². The summed E-state index contributed by atoms with van der Waals surface area (Å²) in [6.45, 7) is 1.64. The monoisotopic (exact) mass is 487 g/mol. The molecule has 4 aromatic rings. The Bertz CT molecular complexity index is 1260. The first kappa shape index (κ1) is 22.1. The van der Waals surface area contributed by atoms with E-state index in [0.29, 0.717) is 49.2 Å². The van der Waals surface area contributed by atoms with Gasteiger partial charge in [0.1, 0.15) is 11.5 Å². The zero-order valence-electron chi connectivity index (χ0n) is 16.7. The van der Waals surface area contributed by atoms with E-state index >= 15 is 0 Å². The summed E-state index contributed by atoms with van der Waals surface area (Å²) in [6.07, 6.45) is 0.773. The third kappa shape index (κ3) is 5.59. The molecule has 0 aliphatic rings. The molecule has 0 bridgehead atoms. The number of aromatic nitrogens is 2. The Labute approximate surface area is 199 Å². The highest BCUT2D eigenvalue weighted by Gasteiger charge is 2.15. The van der Waals surface area contributed by atoms with Gasteiger partial charge in [0.05, 0.1) is 17.2 Å². The molecule has 3 aromatic carbocycles. The predicted molar refractivity (Wildman–Crippen MR) is 126 cm³/mol. The number of fused-ring (bicyclic) bond motifs is 1. The van der Waals surface area contributed by atoms with Gasteiger partial charge in [0.2, 0.25) is 5.88 Å². The van der Waals surface area contributed by atoms with Crippen LogP contribution in [0.1, 0.15) is 6.92 Å². The summed E-state index contributed by atoms with van der Waals surface area (Å²) in [6, 6.07) is 16.9. The number of nitrogens with zero attached hydrogens (tertiary/aromatic N) is 2. The minimum atomic E-state index is -0.752.